The molecule has 0 bridgehead atoms. The molecule has 186 valence electrons. The number of anilines is 3. The number of imidazole rings is 1. The molecule has 11 heteroatoms. The van der Waals surface area contributed by atoms with E-state index in [1.165, 1.54) is 0 Å². The molecule has 0 unspecified atom stereocenters. The van der Waals surface area contributed by atoms with E-state index in [4.69, 9.17) is 10.7 Å². The van der Waals surface area contributed by atoms with Crippen LogP contribution < -0.4 is 16.4 Å². The first-order chi connectivity index (χ1) is 16.7. The molecule has 0 radical (unpaired) electrons. The number of hydrogen-bond donors (Lipinski definition) is 3. The number of primary amides is 1. The van der Waals surface area contributed by atoms with Crippen LogP contribution in [0.1, 0.15) is 64.3 Å². The molecule has 2 aliphatic carbocycles. The first kappa shape index (κ1) is 23.4. The fourth-order valence-corrected chi connectivity index (χ4v) is 5.16. The van der Waals surface area contributed by atoms with Crippen LogP contribution in [0.15, 0.2) is 18.3 Å². The van der Waals surface area contributed by atoms with Crippen molar-refractivity contribution in [2.45, 2.75) is 70.4 Å². The van der Waals surface area contributed by atoms with Crippen molar-refractivity contribution in [1.82, 2.24) is 19.5 Å². The van der Waals surface area contributed by atoms with Gasteiger partial charge in [0.25, 0.3) is 0 Å². The Kier molecular flexibility index (Phi) is 6.02. The smallest absolute Gasteiger partial charge is 0.224 e. The van der Waals surface area contributed by atoms with Crippen molar-refractivity contribution < 1.29 is 18.0 Å². The van der Waals surface area contributed by atoms with Crippen molar-refractivity contribution in [3.05, 3.63) is 35.8 Å². The Hall–Kier alpha value is -3.37. The van der Waals surface area contributed by atoms with Gasteiger partial charge in [-0.3, -0.25) is 9.36 Å². The molecule has 2 saturated carbocycles. The van der Waals surface area contributed by atoms with Gasteiger partial charge in [-0.1, -0.05) is 19.8 Å². The van der Waals surface area contributed by atoms with Crippen LogP contribution in [0.25, 0.3) is 11.2 Å². The van der Waals surface area contributed by atoms with Crippen LogP contribution in [0.5, 0.6) is 0 Å². The lowest BCUT2D eigenvalue weighted by Crippen LogP contribution is -2.38. The zero-order valence-electron chi connectivity index (χ0n) is 19.5. The highest BCUT2D eigenvalue weighted by molar-refractivity contribution is 5.80. The van der Waals surface area contributed by atoms with Crippen molar-refractivity contribution in [3.8, 4) is 0 Å². The number of halogens is 3. The number of nitrogens with one attached hydrogen (secondary N) is 2. The number of aromatic nitrogens is 4. The van der Waals surface area contributed by atoms with Gasteiger partial charge in [0.1, 0.15) is 17.0 Å². The zero-order valence-corrected chi connectivity index (χ0v) is 19.5. The normalized spacial score (nSPS) is 23.0. The molecule has 5 rings (SSSR count). The Balaban J connectivity index is 1.54. The number of carbonyl (C=O) groups is 1. The van der Waals surface area contributed by atoms with Gasteiger partial charge in [0.05, 0.1) is 6.20 Å². The average molecular weight is 488 g/mol. The summed E-state index contributed by atoms with van der Waals surface area (Å²) in [6, 6.07) is 1.38. The fraction of sp³-hybridized carbons (Fsp3) is 0.500. The number of nitrogens with two attached hydrogens (primary N) is 1. The van der Waals surface area contributed by atoms with Gasteiger partial charge in [-0.2, -0.15) is 4.98 Å². The van der Waals surface area contributed by atoms with Gasteiger partial charge < -0.3 is 16.4 Å². The van der Waals surface area contributed by atoms with Crippen molar-refractivity contribution in [3.63, 3.8) is 0 Å². The number of amides is 1. The third-order valence-electron chi connectivity index (χ3n) is 7.38. The highest BCUT2D eigenvalue weighted by atomic mass is 19.1. The standard InChI is InChI=1S/C24H28F3N7O/c1-24(21(28)35)8-6-15(7-9-24)34-20-18(12-29-22(33-20)30-14-4-2-3-5-14)31-23(34)32-19-16(26)10-13(25)11-17(19)27/h10-12,14-15H,2-9H2,1H3,(H2,28,35)(H,31,32)(H,29,30,33)/t15-,24-. The molecular weight excluding hydrogens is 459 g/mol. The molecule has 35 heavy (non-hydrogen) atoms. The topological polar surface area (TPSA) is 111 Å². The Morgan fingerprint density at radius 3 is 2.37 bits per heavy atom. The lowest BCUT2D eigenvalue weighted by Gasteiger charge is -2.35. The van der Waals surface area contributed by atoms with Crippen molar-refractivity contribution in [2.75, 3.05) is 10.6 Å². The SMILES string of the molecule is C[C@]1(C(N)=O)CC[C@H](n2c(Nc3c(F)cc(F)cc3F)nc3cnc(NC4CCCC4)nc32)CC1. The number of rotatable bonds is 6. The molecule has 0 atom stereocenters. The highest BCUT2D eigenvalue weighted by Crippen LogP contribution is 2.43. The molecule has 2 heterocycles. The lowest BCUT2D eigenvalue weighted by molar-refractivity contribution is -0.128. The van der Waals surface area contributed by atoms with Gasteiger partial charge in [0.2, 0.25) is 17.8 Å². The predicted molar refractivity (Wildman–Crippen MR) is 126 cm³/mol. The van der Waals surface area contributed by atoms with Crippen LogP contribution in [0, 0.1) is 22.9 Å². The summed E-state index contributed by atoms with van der Waals surface area (Å²) in [5, 5.41) is 6.08. The van der Waals surface area contributed by atoms with E-state index in [0.29, 0.717) is 61.0 Å². The Bertz CT molecular complexity index is 1240. The van der Waals surface area contributed by atoms with Crippen molar-refractivity contribution in [1.29, 1.82) is 0 Å². The largest absolute Gasteiger partial charge is 0.369 e. The molecule has 0 saturated heterocycles. The number of hydrogen-bond acceptors (Lipinski definition) is 6. The zero-order chi connectivity index (χ0) is 24.7. The van der Waals surface area contributed by atoms with Crippen LogP contribution in [-0.2, 0) is 4.79 Å². The van der Waals surface area contributed by atoms with Crippen LogP contribution >= 0.6 is 0 Å². The number of nitrogens with zero attached hydrogens (tertiary/aromatic N) is 4. The Morgan fingerprint density at radius 2 is 1.74 bits per heavy atom. The van der Waals surface area contributed by atoms with Gasteiger partial charge in [-0.15, -0.1) is 0 Å². The van der Waals surface area contributed by atoms with E-state index in [9.17, 15) is 18.0 Å². The van der Waals surface area contributed by atoms with Gasteiger partial charge in [-0.05, 0) is 38.5 Å². The lowest BCUT2D eigenvalue weighted by atomic mass is 9.73. The molecule has 1 amide bonds. The van der Waals surface area contributed by atoms with Gasteiger partial charge in [0.15, 0.2) is 17.3 Å². The fourth-order valence-electron chi connectivity index (χ4n) is 5.16. The van der Waals surface area contributed by atoms with Crippen LogP contribution in [0.3, 0.4) is 0 Å². The molecule has 2 aromatic heterocycles. The predicted octanol–water partition coefficient (Wildman–Crippen LogP) is 4.95. The maximum absolute atomic E-state index is 14.4. The summed E-state index contributed by atoms with van der Waals surface area (Å²) in [6.45, 7) is 1.85. The van der Waals surface area contributed by atoms with Gasteiger partial charge in [0, 0.05) is 29.6 Å². The maximum atomic E-state index is 14.4. The van der Waals surface area contributed by atoms with E-state index in [1.807, 2.05) is 6.92 Å². The summed E-state index contributed by atoms with van der Waals surface area (Å²) in [5.74, 6) is -2.85. The minimum Gasteiger partial charge on any atom is -0.369 e. The summed E-state index contributed by atoms with van der Waals surface area (Å²) in [7, 11) is 0. The van der Waals surface area contributed by atoms with Crippen LogP contribution in [-0.4, -0.2) is 31.5 Å². The maximum Gasteiger partial charge on any atom is 0.224 e. The van der Waals surface area contributed by atoms with E-state index in [0.717, 1.165) is 25.7 Å². The Morgan fingerprint density at radius 1 is 1.09 bits per heavy atom. The second-order valence-corrected chi connectivity index (χ2v) is 9.86. The molecular formula is C24H28F3N7O. The summed E-state index contributed by atoms with van der Waals surface area (Å²) < 4.78 is 44.1. The molecule has 4 N–H and O–H groups in total. The molecule has 0 spiro atoms. The van der Waals surface area contributed by atoms with E-state index < -0.39 is 28.6 Å². The van der Waals surface area contributed by atoms with Crippen molar-refractivity contribution >= 4 is 34.7 Å². The molecule has 0 aliphatic heterocycles. The molecule has 1 aromatic carbocycles. The van der Waals surface area contributed by atoms with E-state index in [1.54, 1.807) is 10.8 Å². The van der Waals surface area contributed by atoms with Crippen LogP contribution in [0.2, 0.25) is 0 Å². The molecule has 8 nitrogen and oxygen atoms in total. The monoisotopic (exact) mass is 487 g/mol. The Labute approximate surface area is 200 Å². The van der Waals surface area contributed by atoms with E-state index in [-0.39, 0.29) is 17.9 Å². The number of benzene rings is 1. The van der Waals surface area contributed by atoms with Gasteiger partial charge >= 0.3 is 0 Å². The van der Waals surface area contributed by atoms with Gasteiger partial charge in [-0.25, -0.2) is 23.1 Å². The number of carbonyl (C=O) groups excluding carboxylic acids is 1. The van der Waals surface area contributed by atoms with Crippen molar-refractivity contribution in [2.24, 2.45) is 11.1 Å². The first-order valence-corrected chi connectivity index (χ1v) is 12.0. The summed E-state index contributed by atoms with van der Waals surface area (Å²) in [6.07, 6.45) is 8.30. The average Bonchev–Trinajstić information content (AvgIpc) is 3.44. The molecule has 3 aromatic rings. The minimum absolute atomic E-state index is 0.143. The molecule has 2 fully saturated rings. The summed E-state index contributed by atoms with van der Waals surface area (Å²) >= 11 is 0. The highest BCUT2D eigenvalue weighted by Gasteiger charge is 2.38. The van der Waals surface area contributed by atoms with E-state index >= 15 is 0 Å². The second kappa shape index (κ2) is 9.01. The summed E-state index contributed by atoms with van der Waals surface area (Å²) in [4.78, 5) is 25.6. The third kappa shape index (κ3) is 4.51. The van der Waals surface area contributed by atoms with Crippen LogP contribution in [0.4, 0.5) is 30.8 Å². The minimum atomic E-state index is -1.07. The molecule has 2 aliphatic rings. The quantitative estimate of drug-likeness (QED) is 0.454. The third-order valence-corrected chi connectivity index (χ3v) is 7.38. The van der Waals surface area contributed by atoms with E-state index in [2.05, 4.69) is 20.6 Å². The number of fused-ring (bicyclic) bond motifs is 1. The first-order valence-electron chi connectivity index (χ1n) is 12.0. The second-order valence-electron chi connectivity index (χ2n) is 9.86. The summed E-state index contributed by atoms with van der Waals surface area (Å²) in [5.41, 5.74) is 5.47.